The Morgan fingerprint density at radius 2 is 2.28 bits per heavy atom. The maximum absolute atomic E-state index is 13.8. The molecule has 0 fully saturated rings. The van der Waals surface area contributed by atoms with Gasteiger partial charge < -0.3 is 5.11 Å². The van der Waals surface area contributed by atoms with Crippen LogP contribution < -0.4 is 0 Å². The summed E-state index contributed by atoms with van der Waals surface area (Å²) in [5.74, 6) is -0.333. The van der Waals surface area contributed by atoms with E-state index in [0.29, 0.717) is 15.6 Å². The number of thiazole rings is 1. The predicted molar refractivity (Wildman–Crippen MR) is 70.4 cm³/mol. The second-order valence-corrected chi connectivity index (χ2v) is 5.83. The molecule has 0 amide bonds. The van der Waals surface area contributed by atoms with E-state index in [1.807, 2.05) is 0 Å². The SMILES string of the molecule is OC1CCCc2nc(-c3cc(Cl)ccc3F)sc21. The third kappa shape index (κ3) is 2.05. The van der Waals surface area contributed by atoms with Gasteiger partial charge in [-0.05, 0) is 37.5 Å². The molecule has 3 rings (SSSR count). The van der Waals surface area contributed by atoms with E-state index in [4.69, 9.17) is 11.6 Å². The number of aliphatic hydroxyl groups is 1. The van der Waals surface area contributed by atoms with Crippen molar-refractivity contribution in [2.45, 2.75) is 25.4 Å². The molecule has 1 N–H and O–H groups in total. The number of rotatable bonds is 1. The first-order valence-corrected chi connectivity index (χ1v) is 6.97. The molecule has 1 aliphatic carbocycles. The van der Waals surface area contributed by atoms with Gasteiger partial charge in [0, 0.05) is 10.6 Å². The van der Waals surface area contributed by atoms with Crippen LogP contribution in [0.1, 0.15) is 29.5 Å². The molecule has 1 aromatic heterocycles. The smallest absolute Gasteiger partial charge is 0.133 e. The van der Waals surface area contributed by atoms with Gasteiger partial charge in [0.2, 0.25) is 0 Å². The molecule has 1 heterocycles. The van der Waals surface area contributed by atoms with E-state index in [-0.39, 0.29) is 5.82 Å². The standard InChI is InChI=1S/C13H11ClFNOS/c14-7-4-5-9(15)8(6-7)13-16-10-2-1-3-11(17)12(10)18-13/h4-6,11,17H,1-3H2. The molecule has 2 aromatic rings. The Bertz CT molecular complexity index is 599. The molecule has 18 heavy (non-hydrogen) atoms. The maximum atomic E-state index is 13.8. The summed E-state index contributed by atoms with van der Waals surface area (Å²) in [6, 6.07) is 4.44. The zero-order valence-electron chi connectivity index (χ0n) is 9.49. The van der Waals surface area contributed by atoms with Crippen LogP contribution in [0.4, 0.5) is 4.39 Å². The molecular weight excluding hydrogens is 273 g/mol. The third-order valence-electron chi connectivity index (χ3n) is 3.08. The number of fused-ring (bicyclic) bond motifs is 1. The fourth-order valence-corrected chi connectivity index (χ4v) is 3.50. The van der Waals surface area contributed by atoms with Crippen molar-refractivity contribution in [2.75, 3.05) is 0 Å². The van der Waals surface area contributed by atoms with Crippen molar-refractivity contribution in [2.24, 2.45) is 0 Å². The van der Waals surface area contributed by atoms with E-state index >= 15 is 0 Å². The first-order chi connectivity index (χ1) is 8.65. The number of nitrogens with zero attached hydrogens (tertiary/aromatic N) is 1. The third-order valence-corrected chi connectivity index (χ3v) is 4.55. The van der Waals surface area contributed by atoms with Gasteiger partial charge in [-0.1, -0.05) is 11.6 Å². The van der Waals surface area contributed by atoms with Crippen molar-refractivity contribution in [3.8, 4) is 10.6 Å². The first kappa shape index (κ1) is 12.1. The van der Waals surface area contributed by atoms with Crippen LogP contribution in [-0.4, -0.2) is 10.1 Å². The Labute approximate surface area is 113 Å². The van der Waals surface area contributed by atoms with Crippen LogP contribution in [0.25, 0.3) is 10.6 Å². The predicted octanol–water partition coefficient (Wildman–Crippen LogP) is 3.97. The Morgan fingerprint density at radius 1 is 1.44 bits per heavy atom. The fraction of sp³-hybridized carbons (Fsp3) is 0.308. The molecule has 1 aliphatic rings. The molecule has 0 radical (unpaired) electrons. The second-order valence-electron chi connectivity index (χ2n) is 4.36. The molecule has 0 spiro atoms. The Balaban J connectivity index is 2.10. The van der Waals surface area contributed by atoms with Crippen molar-refractivity contribution in [1.29, 1.82) is 0 Å². The van der Waals surface area contributed by atoms with Gasteiger partial charge in [0.05, 0.1) is 16.7 Å². The number of benzene rings is 1. The van der Waals surface area contributed by atoms with Crippen LogP contribution in [0.3, 0.4) is 0 Å². The van der Waals surface area contributed by atoms with Crippen LogP contribution in [0, 0.1) is 5.82 Å². The highest BCUT2D eigenvalue weighted by Gasteiger charge is 2.24. The highest BCUT2D eigenvalue weighted by molar-refractivity contribution is 7.15. The van der Waals surface area contributed by atoms with Crippen LogP contribution in [0.5, 0.6) is 0 Å². The molecular formula is C13H11ClFNOS. The summed E-state index contributed by atoms with van der Waals surface area (Å²) in [5, 5.41) is 11.0. The molecule has 5 heteroatoms. The molecule has 94 valence electrons. The van der Waals surface area contributed by atoms with Crippen molar-refractivity contribution in [3.05, 3.63) is 39.6 Å². The molecule has 1 aromatic carbocycles. The van der Waals surface area contributed by atoms with Crippen molar-refractivity contribution >= 4 is 22.9 Å². The quantitative estimate of drug-likeness (QED) is 0.859. The van der Waals surface area contributed by atoms with E-state index in [2.05, 4.69) is 4.98 Å². The number of halogens is 2. The van der Waals surface area contributed by atoms with Crippen LogP contribution in [0.15, 0.2) is 18.2 Å². The summed E-state index contributed by atoms with van der Waals surface area (Å²) in [4.78, 5) is 5.30. The molecule has 2 nitrogen and oxygen atoms in total. The van der Waals surface area contributed by atoms with Gasteiger partial charge in [-0.3, -0.25) is 0 Å². The highest BCUT2D eigenvalue weighted by atomic mass is 35.5. The minimum Gasteiger partial charge on any atom is -0.388 e. The lowest BCUT2D eigenvalue weighted by atomic mass is 10.0. The largest absolute Gasteiger partial charge is 0.388 e. The zero-order chi connectivity index (χ0) is 12.7. The van der Waals surface area contributed by atoms with Gasteiger partial charge in [0.25, 0.3) is 0 Å². The summed E-state index contributed by atoms with van der Waals surface area (Å²) in [6.45, 7) is 0. The molecule has 0 saturated heterocycles. The lowest BCUT2D eigenvalue weighted by Gasteiger charge is -2.14. The number of hydrogen-bond acceptors (Lipinski definition) is 3. The Kier molecular flexibility index (Phi) is 3.09. The monoisotopic (exact) mass is 283 g/mol. The van der Waals surface area contributed by atoms with E-state index in [1.165, 1.54) is 23.5 Å². The number of aliphatic hydroxyl groups excluding tert-OH is 1. The molecule has 1 atom stereocenters. The van der Waals surface area contributed by atoms with Crippen molar-refractivity contribution < 1.29 is 9.50 Å². The van der Waals surface area contributed by atoms with Crippen molar-refractivity contribution in [1.82, 2.24) is 4.98 Å². The topological polar surface area (TPSA) is 33.1 Å². The lowest BCUT2D eigenvalue weighted by Crippen LogP contribution is -2.06. The summed E-state index contributed by atoms with van der Waals surface area (Å²) >= 11 is 7.24. The summed E-state index contributed by atoms with van der Waals surface area (Å²) in [5.41, 5.74) is 1.31. The molecule has 1 unspecified atom stereocenters. The van der Waals surface area contributed by atoms with E-state index < -0.39 is 6.10 Å². The van der Waals surface area contributed by atoms with E-state index in [1.54, 1.807) is 6.07 Å². The summed E-state index contributed by atoms with van der Waals surface area (Å²) < 4.78 is 13.8. The minimum absolute atomic E-state index is 0.333. The van der Waals surface area contributed by atoms with E-state index in [0.717, 1.165) is 29.8 Å². The Hall–Kier alpha value is -0.970. The van der Waals surface area contributed by atoms with Crippen LogP contribution >= 0.6 is 22.9 Å². The summed E-state index contributed by atoms with van der Waals surface area (Å²) in [7, 11) is 0. The normalized spacial score (nSPS) is 18.7. The Morgan fingerprint density at radius 3 is 3.06 bits per heavy atom. The zero-order valence-corrected chi connectivity index (χ0v) is 11.1. The van der Waals surface area contributed by atoms with Crippen molar-refractivity contribution in [3.63, 3.8) is 0 Å². The molecule has 0 aliphatic heterocycles. The lowest BCUT2D eigenvalue weighted by molar-refractivity contribution is 0.160. The van der Waals surface area contributed by atoms with Crippen LogP contribution in [0.2, 0.25) is 5.02 Å². The average Bonchev–Trinajstić information content (AvgIpc) is 2.77. The molecule has 0 saturated carbocycles. The van der Waals surface area contributed by atoms with Gasteiger partial charge in [-0.25, -0.2) is 9.37 Å². The fourth-order valence-electron chi connectivity index (χ4n) is 2.17. The van der Waals surface area contributed by atoms with E-state index in [9.17, 15) is 9.50 Å². The van der Waals surface area contributed by atoms with Crippen LogP contribution in [-0.2, 0) is 6.42 Å². The summed E-state index contributed by atoms with van der Waals surface area (Å²) in [6.07, 6.45) is 2.08. The van der Waals surface area contributed by atoms with Gasteiger partial charge >= 0.3 is 0 Å². The number of aryl methyl sites for hydroxylation is 1. The number of hydrogen-bond donors (Lipinski definition) is 1. The first-order valence-electron chi connectivity index (χ1n) is 5.78. The minimum atomic E-state index is -0.456. The van der Waals surface area contributed by atoms with Gasteiger partial charge in [0.1, 0.15) is 10.8 Å². The van der Waals surface area contributed by atoms with Gasteiger partial charge in [-0.2, -0.15) is 0 Å². The second kappa shape index (κ2) is 4.61. The highest BCUT2D eigenvalue weighted by Crippen LogP contribution is 2.38. The molecule has 0 bridgehead atoms. The maximum Gasteiger partial charge on any atom is 0.133 e. The average molecular weight is 284 g/mol. The number of aromatic nitrogens is 1. The van der Waals surface area contributed by atoms with Gasteiger partial charge in [-0.15, -0.1) is 11.3 Å². The van der Waals surface area contributed by atoms with Gasteiger partial charge in [0.15, 0.2) is 0 Å².